The van der Waals surface area contributed by atoms with Crippen molar-refractivity contribution in [3.63, 3.8) is 0 Å². The van der Waals surface area contributed by atoms with E-state index in [-0.39, 0.29) is 22.9 Å². The maximum atomic E-state index is 12.6. The number of H-pyrrole nitrogens is 1. The Morgan fingerprint density at radius 3 is 2.68 bits per heavy atom. The van der Waals surface area contributed by atoms with Gasteiger partial charge in [0, 0.05) is 29.9 Å². The van der Waals surface area contributed by atoms with Crippen LogP contribution in [0.3, 0.4) is 0 Å². The molecule has 0 fully saturated rings. The van der Waals surface area contributed by atoms with Gasteiger partial charge in [-0.2, -0.15) is 5.26 Å². The summed E-state index contributed by atoms with van der Waals surface area (Å²) in [6, 6.07) is 11.3. The highest BCUT2D eigenvalue weighted by atomic mass is 16.5. The van der Waals surface area contributed by atoms with Crippen LogP contribution in [0.15, 0.2) is 46.5 Å². The van der Waals surface area contributed by atoms with Gasteiger partial charge >= 0.3 is 0 Å². The number of anilines is 1. The SMILES string of the molecule is N#Cc1c(N)c2c([nH]c1=O)OC1=C(C(=O)CCC1)C2c1ccccc1. The summed E-state index contributed by atoms with van der Waals surface area (Å²) in [5.74, 6) is 0.378. The third-order valence-corrected chi connectivity index (χ3v) is 4.71. The van der Waals surface area contributed by atoms with Crippen molar-refractivity contribution in [3.8, 4) is 11.9 Å². The number of rotatable bonds is 1. The molecule has 0 amide bonds. The molecule has 1 aromatic carbocycles. The summed E-state index contributed by atoms with van der Waals surface area (Å²) >= 11 is 0. The number of hydrogen-bond donors (Lipinski definition) is 2. The second-order valence-corrected chi connectivity index (χ2v) is 6.16. The molecule has 1 aliphatic carbocycles. The molecule has 0 saturated carbocycles. The van der Waals surface area contributed by atoms with Gasteiger partial charge in [0.25, 0.3) is 5.56 Å². The Hall–Kier alpha value is -3.33. The van der Waals surface area contributed by atoms with Crippen molar-refractivity contribution in [2.45, 2.75) is 25.2 Å². The number of aromatic nitrogens is 1. The van der Waals surface area contributed by atoms with Crippen LogP contribution in [0.2, 0.25) is 0 Å². The molecule has 4 rings (SSSR count). The number of benzene rings is 1. The van der Waals surface area contributed by atoms with E-state index < -0.39 is 11.5 Å². The molecule has 0 bridgehead atoms. The second-order valence-electron chi connectivity index (χ2n) is 6.16. The van der Waals surface area contributed by atoms with Crippen LogP contribution in [0.1, 0.15) is 41.9 Å². The number of hydrogen-bond acceptors (Lipinski definition) is 5. The Bertz CT molecular complexity index is 1010. The van der Waals surface area contributed by atoms with Crippen molar-refractivity contribution in [2.24, 2.45) is 0 Å². The van der Waals surface area contributed by atoms with Crippen molar-refractivity contribution in [2.75, 3.05) is 5.73 Å². The van der Waals surface area contributed by atoms with E-state index in [1.807, 2.05) is 36.4 Å². The van der Waals surface area contributed by atoms with Crippen LogP contribution in [-0.2, 0) is 4.79 Å². The number of ether oxygens (including phenoxy) is 1. The lowest BCUT2D eigenvalue weighted by molar-refractivity contribution is -0.116. The highest BCUT2D eigenvalue weighted by Crippen LogP contribution is 2.47. The van der Waals surface area contributed by atoms with E-state index >= 15 is 0 Å². The van der Waals surface area contributed by atoms with Crippen LogP contribution in [-0.4, -0.2) is 10.8 Å². The first kappa shape index (κ1) is 15.2. The van der Waals surface area contributed by atoms with Gasteiger partial charge in [0.2, 0.25) is 5.88 Å². The van der Waals surface area contributed by atoms with Gasteiger partial charge in [0.05, 0.1) is 5.69 Å². The maximum absolute atomic E-state index is 12.6. The van der Waals surface area contributed by atoms with E-state index in [4.69, 9.17) is 10.5 Å². The number of nitrogens with one attached hydrogen (secondary N) is 1. The monoisotopic (exact) mass is 333 g/mol. The molecule has 6 heteroatoms. The number of pyridine rings is 1. The average molecular weight is 333 g/mol. The van der Waals surface area contributed by atoms with Crippen LogP contribution in [0.4, 0.5) is 5.69 Å². The minimum atomic E-state index is -0.586. The molecule has 2 aromatic rings. The third-order valence-electron chi connectivity index (χ3n) is 4.71. The summed E-state index contributed by atoms with van der Waals surface area (Å²) < 4.78 is 5.83. The first-order valence-electron chi connectivity index (χ1n) is 8.06. The Kier molecular flexibility index (Phi) is 3.43. The maximum Gasteiger partial charge on any atom is 0.270 e. The lowest BCUT2D eigenvalue weighted by Crippen LogP contribution is -2.29. The summed E-state index contributed by atoms with van der Waals surface area (Å²) in [5.41, 5.74) is 7.41. The third kappa shape index (κ3) is 2.24. The molecule has 6 nitrogen and oxygen atoms in total. The minimum Gasteiger partial charge on any atom is -0.444 e. The number of Topliss-reactive ketones (excluding diaryl/α,β-unsaturated/α-hetero) is 1. The van der Waals surface area contributed by atoms with Crippen LogP contribution in [0, 0.1) is 11.3 Å². The number of nitrogen functional groups attached to an aromatic ring is 1. The molecule has 1 aliphatic heterocycles. The van der Waals surface area contributed by atoms with Crippen LogP contribution >= 0.6 is 0 Å². The van der Waals surface area contributed by atoms with Gasteiger partial charge in [0.15, 0.2) is 5.78 Å². The quantitative estimate of drug-likeness (QED) is 0.832. The smallest absolute Gasteiger partial charge is 0.270 e. The fourth-order valence-electron chi connectivity index (χ4n) is 3.60. The number of nitrogens with two attached hydrogens (primary N) is 1. The number of aromatic amines is 1. The number of ketones is 1. The number of fused-ring (bicyclic) bond motifs is 1. The predicted molar refractivity (Wildman–Crippen MR) is 91.0 cm³/mol. The van der Waals surface area contributed by atoms with Crippen molar-refractivity contribution < 1.29 is 9.53 Å². The van der Waals surface area contributed by atoms with Gasteiger partial charge in [-0.15, -0.1) is 0 Å². The Morgan fingerprint density at radius 1 is 1.20 bits per heavy atom. The summed E-state index contributed by atoms with van der Waals surface area (Å²) in [6.45, 7) is 0. The zero-order valence-corrected chi connectivity index (χ0v) is 13.3. The summed E-state index contributed by atoms with van der Waals surface area (Å²) in [7, 11) is 0. The molecular formula is C19H15N3O3. The van der Waals surface area contributed by atoms with Crippen LogP contribution < -0.4 is 16.0 Å². The molecule has 0 spiro atoms. The largest absolute Gasteiger partial charge is 0.444 e. The first-order chi connectivity index (χ1) is 12.1. The minimum absolute atomic E-state index is 0.0184. The van der Waals surface area contributed by atoms with Gasteiger partial charge in [-0.05, 0) is 12.0 Å². The molecule has 1 aromatic heterocycles. The number of nitriles is 1. The predicted octanol–water partition coefficient (Wildman–Crippen LogP) is 2.36. The molecule has 25 heavy (non-hydrogen) atoms. The van der Waals surface area contributed by atoms with Gasteiger partial charge in [0.1, 0.15) is 17.4 Å². The van der Waals surface area contributed by atoms with Gasteiger partial charge in [-0.3, -0.25) is 14.6 Å². The molecular weight excluding hydrogens is 318 g/mol. The second kappa shape index (κ2) is 5.64. The van der Waals surface area contributed by atoms with Crippen molar-refractivity contribution in [1.82, 2.24) is 4.98 Å². The van der Waals surface area contributed by atoms with E-state index in [0.29, 0.717) is 36.2 Å². The fraction of sp³-hybridized carbons (Fsp3) is 0.211. The molecule has 1 unspecified atom stereocenters. The van der Waals surface area contributed by atoms with Gasteiger partial charge in [-0.25, -0.2) is 0 Å². The molecule has 124 valence electrons. The molecule has 3 N–H and O–H groups in total. The zero-order chi connectivity index (χ0) is 17.6. The van der Waals surface area contributed by atoms with E-state index in [0.717, 1.165) is 5.56 Å². The zero-order valence-electron chi connectivity index (χ0n) is 13.3. The standard InChI is InChI=1S/C19H15N3O3/c20-9-11-17(21)16-14(10-5-2-1-3-6-10)15-12(23)7-4-8-13(15)25-19(16)22-18(11)24/h1-3,5-6,14H,4,7-8H2,(H3,21,22,24). The topological polar surface area (TPSA) is 109 Å². The highest BCUT2D eigenvalue weighted by molar-refractivity contribution is 6.00. The van der Waals surface area contributed by atoms with Gasteiger partial charge in [-0.1, -0.05) is 30.3 Å². The van der Waals surface area contributed by atoms with Crippen LogP contribution in [0.25, 0.3) is 0 Å². The van der Waals surface area contributed by atoms with Crippen molar-refractivity contribution >= 4 is 11.5 Å². The van der Waals surface area contributed by atoms with E-state index in [2.05, 4.69) is 4.98 Å². The molecule has 0 saturated heterocycles. The molecule has 0 radical (unpaired) electrons. The average Bonchev–Trinajstić information content (AvgIpc) is 2.61. The Labute approximate surface area is 143 Å². The number of carbonyl (C=O) groups is 1. The van der Waals surface area contributed by atoms with Crippen molar-refractivity contribution in [1.29, 1.82) is 5.26 Å². The lowest BCUT2D eigenvalue weighted by Gasteiger charge is -2.33. The normalized spacial score (nSPS) is 18.8. The Morgan fingerprint density at radius 2 is 1.96 bits per heavy atom. The Balaban J connectivity index is 2.05. The molecule has 2 aliphatic rings. The molecule has 2 heterocycles. The van der Waals surface area contributed by atoms with E-state index in [1.54, 1.807) is 0 Å². The van der Waals surface area contributed by atoms with Crippen LogP contribution in [0.5, 0.6) is 5.88 Å². The summed E-state index contributed by atoms with van der Waals surface area (Å²) in [5, 5.41) is 9.27. The summed E-state index contributed by atoms with van der Waals surface area (Å²) in [4.78, 5) is 27.3. The van der Waals surface area contributed by atoms with E-state index in [9.17, 15) is 14.9 Å². The van der Waals surface area contributed by atoms with Gasteiger partial charge < -0.3 is 10.5 Å². The fourth-order valence-corrected chi connectivity index (χ4v) is 3.60. The van der Waals surface area contributed by atoms with E-state index in [1.165, 1.54) is 0 Å². The lowest BCUT2D eigenvalue weighted by atomic mass is 9.77. The van der Waals surface area contributed by atoms with Crippen molar-refractivity contribution in [3.05, 3.63) is 68.7 Å². The first-order valence-corrected chi connectivity index (χ1v) is 8.06. The number of carbonyl (C=O) groups excluding carboxylic acids is 1. The highest BCUT2D eigenvalue weighted by Gasteiger charge is 2.39. The number of nitrogens with zero attached hydrogens (tertiary/aromatic N) is 1. The molecule has 1 atom stereocenters. The summed E-state index contributed by atoms with van der Waals surface area (Å²) in [6.07, 6.45) is 1.80. The number of allylic oxidation sites excluding steroid dienone is 2.